The molecular weight excluding hydrogens is 396 g/mol. The predicted molar refractivity (Wildman–Crippen MR) is 111 cm³/mol. The zero-order valence-corrected chi connectivity index (χ0v) is 16.7. The summed E-state index contributed by atoms with van der Waals surface area (Å²) < 4.78 is 11.8. The van der Waals surface area contributed by atoms with E-state index in [0.717, 1.165) is 45.8 Å². The summed E-state index contributed by atoms with van der Waals surface area (Å²) in [5.74, 6) is 3.12. The fraction of sp³-hybridized carbons (Fsp3) is 0.211. The molecule has 0 saturated carbocycles. The van der Waals surface area contributed by atoms with Crippen molar-refractivity contribution in [1.82, 2.24) is 28.8 Å². The first-order chi connectivity index (χ1) is 13.8. The second-order valence-corrected chi connectivity index (χ2v) is 7.71. The van der Waals surface area contributed by atoms with Crippen LogP contribution in [0, 0.1) is 0 Å². The molecule has 28 heavy (non-hydrogen) atoms. The van der Waals surface area contributed by atoms with E-state index in [2.05, 4.69) is 38.2 Å². The first-order valence-corrected chi connectivity index (χ1v) is 10.3. The highest BCUT2D eigenvalue weighted by Gasteiger charge is 2.19. The molecule has 142 valence electrons. The van der Waals surface area contributed by atoms with Crippen LogP contribution in [-0.2, 0) is 6.54 Å². The number of hydrogen-bond acceptors (Lipinski definition) is 5. The Morgan fingerprint density at radius 2 is 1.79 bits per heavy atom. The van der Waals surface area contributed by atoms with Crippen LogP contribution in [0.25, 0.3) is 22.6 Å². The third-order valence-electron chi connectivity index (χ3n) is 4.55. The second-order valence-electron chi connectivity index (χ2n) is 6.21. The number of hydrogen-bond donors (Lipinski definition) is 0. The molecular formula is C19H17ClN6OS. The average Bonchev–Trinajstić information content (AvgIpc) is 3.36. The minimum absolute atomic E-state index is 0.554. The van der Waals surface area contributed by atoms with Gasteiger partial charge in [0.25, 0.3) is 5.78 Å². The van der Waals surface area contributed by atoms with E-state index >= 15 is 0 Å². The van der Waals surface area contributed by atoms with Gasteiger partial charge < -0.3 is 9.30 Å². The zero-order valence-electron chi connectivity index (χ0n) is 15.1. The second kappa shape index (κ2) is 7.03. The van der Waals surface area contributed by atoms with Gasteiger partial charge in [-0.05, 0) is 43.3 Å². The summed E-state index contributed by atoms with van der Waals surface area (Å²) in [5, 5.41) is 14.9. The lowest BCUT2D eigenvalue weighted by Crippen LogP contribution is -2.01. The number of fused-ring (bicyclic) bond motifs is 5. The molecule has 9 heteroatoms. The van der Waals surface area contributed by atoms with Gasteiger partial charge in [0.15, 0.2) is 0 Å². The Bertz CT molecular complexity index is 1270. The molecule has 0 amide bonds. The highest BCUT2D eigenvalue weighted by molar-refractivity contribution is 7.99. The Labute approximate surface area is 169 Å². The van der Waals surface area contributed by atoms with Gasteiger partial charge in [-0.2, -0.15) is 4.52 Å². The Hall–Kier alpha value is -2.71. The quantitative estimate of drug-likeness (QED) is 0.309. The van der Waals surface area contributed by atoms with Crippen molar-refractivity contribution in [3.63, 3.8) is 0 Å². The molecule has 0 atom stereocenters. The lowest BCUT2D eigenvalue weighted by Gasteiger charge is -2.04. The summed E-state index contributed by atoms with van der Waals surface area (Å²) in [6, 6.07) is 15.6. The molecule has 7 nitrogen and oxygen atoms in total. The smallest absolute Gasteiger partial charge is 0.260 e. The number of imidazole rings is 1. The van der Waals surface area contributed by atoms with Crippen LogP contribution in [0.3, 0.4) is 0 Å². The van der Waals surface area contributed by atoms with Gasteiger partial charge in [0.1, 0.15) is 5.75 Å². The summed E-state index contributed by atoms with van der Waals surface area (Å²) in [4.78, 5) is 0. The van der Waals surface area contributed by atoms with Gasteiger partial charge in [-0.1, -0.05) is 35.5 Å². The molecule has 2 aromatic carbocycles. The van der Waals surface area contributed by atoms with E-state index in [4.69, 9.17) is 21.4 Å². The van der Waals surface area contributed by atoms with Gasteiger partial charge in [-0.15, -0.1) is 15.3 Å². The van der Waals surface area contributed by atoms with E-state index in [-0.39, 0.29) is 0 Å². The van der Waals surface area contributed by atoms with Crippen LogP contribution in [-0.4, -0.2) is 41.1 Å². The van der Waals surface area contributed by atoms with E-state index in [1.54, 1.807) is 16.3 Å². The SMILES string of the molecule is CCn1c2ccccc2n2c1nn1c(SCCOc3ccc(Cl)cc3)nnc12. The summed E-state index contributed by atoms with van der Waals surface area (Å²) >= 11 is 7.46. The third kappa shape index (κ3) is 2.80. The van der Waals surface area contributed by atoms with Crippen LogP contribution < -0.4 is 4.74 Å². The summed E-state index contributed by atoms with van der Waals surface area (Å²) in [5.41, 5.74) is 2.22. The highest BCUT2D eigenvalue weighted by atomic mass is 35.5. The normalized spacial score (nSPS) is 11.8. The van der Waals surface area contributed by atoms with Crippen LogP contribution in [0.4, 0.5) is 0 Å². The fourth-order valence-electron chi connectivity index (χ4n) is 3.31. The number of ether oxygens (including phenoxy) is 1. The van der Waals surface area contributed by atoms with Crippen molar-refractivity contribution in [2.24, 2.45) is 0 Å². The fourth-order valence-corrected chi connectivity index (χ4v) is 4.13. The molecule has 0 spiro atoms. The number of rotatable bonds is 6. The molecule has 0 aliphatic carbocycles. The van der Waals surface area contributed by atoms with E-state index < -0.39 is 0 Å². The third-order valence-corrected chi connectivity index (χ3v) is 5.69. The van der Waals surface area contributed by atoms with Crippen molar-refractivity contribution in [1.29, 1.82) is 0 Å². The van der Waals surface area contributed by atoms with Crippen molar-refractivity contribution in [3.05, 3.63) is 53.6 Å². The van der Waals surface area contributed by atoms with E-state index in [0.29, 0.717) is 11.6 Å². The molecule has 0 N–H and O–H groups in total. The Balaban J connectivity index is 1.40. The molecule has 5 rings (SSSR count). The summed E-state index contributed by atoms with van der Waals surface area (Å²) in [6.45, 7) is 3.51. The minimum atomic E-state index is 0.554. The number of aryl methyl sites for hydroxylation is 1. The zero-order chi connectivity index (χ0) is 19.1. The van der Waals surface area contributed by atoms with E-state index in [9.17, 15) is 0 Å². The van der Waals surface area contributed by atoms with Crippen LogP contribution in [0.1, 0.15) is 6.92 Å². The van der Waals surface area contributed by atoms with Crippen LogP contribution in [0.15, 0.2) is 53.7 Å². The maximum atomic E-state index is 5.89. The maximum absolute atomic E-state index is 5.89. The molecule has 0 saturated heterocycles. The average molecular weight is 413 g/mol. The highest BCUT2D eigenvalue weighted by Crippen LogP contribution is 2.25. The number of thioether (sulfide) groups is 1. The van der Waals surface area contributed by atoms with E-state index in [1.165, 1.54) is 0 Å². The van der Waals surface area contributed by atoms with Gasteiger partial charge in [-0.3, -0.25) is 0 Å². The lowest BCUT2D eigenvalue weighted by molar-refractivity contribution is 0.344. The Kier molecular flexibility index (Phi) is 4.37. The van der Waals surface area contributed by atoms with Crippen LogP contribution in [0.2, 0.25) is 5.02 Å². The first kappa shape index (κ1) is 17.4. The number of benzene rings is 2. The van der Waals surface area contributed by atoms with Crippen molar-refractivity contribution in [3.8, 4) is 5.75 Å². The topological polar surface area (TPSA) is 61.7 Å². The van der Waals surface area contributed by atoms with Crippen molar-refractivity contribution in [2.45, 2.75) is 18.6 Å². The van der Waals surface area contributed by atoms with Crippen molar-refractivity contribution < 1.29 is 4.74 Å². The number of aromatic nitrogens is 6. The number of nitrogens with zero attached hydrogens (tertiary/aromatic N) is 6. The van der Waals surface area contributed by atoms with Crippen molar-refractivity contribution in [2.75, 3.05) is 12.4 Å². The maximum Gasteiger partial charge on any atom is 0.260 e. The standard InChI is InChI=1S/C19H17ClN6OS/c1-2-24-15-5-3-4-6-16(15)25-17-21-22-19(26(17)23-18(24)25)28-12-11-27-14-9-7-13(20)8-10-14/h3-10H,2,11-12H2,1H3. The van der Waals surface area contributed by atoms with E-state index in [1.807, 2.05) is 36.4 Å². The molecule has 0 fully saturated rings. The van der Waals surface area contributed by atoms with Gasteiger partial charge in [-0.25, -0.2) is 4.40 Å². The lowest BCUT2D eigenvalue weighted by atomic mass is 10.3. The molecule has 0 bridgehead atoms. The Morgan fingerprint density at radius 1 is 1.00 bits per heavy atom. The predicted octanol–water partition coefficient (Wildman–Crippen LogP) is 4.18. The van der Waals surface area contributed by atoms with Crippen molar-refractivity contribution >= 4 is 46.0 Å². The number of halogens is 1. The van der Waals surface area contributed by atoms with Crippen LogP contribution in [0.5, 0.6) is 5.75 Å². The molecule has 5 aromatic rings. The van der Waals surface area contributed by atoms with Gasteiger partial charge in [0.05, 0.1) is 17.6 Å². The minimum Gasteiger partial charge on any atom is -0.493 e. The molecule has 0 aliphatic rings. The molecule has 3 aromatic heterocycles. The Morgan fingerprint density at radius 3 is 2.57 bits per heavy atom. The molecule has 0 unspecified atom stereocenters. The molecule has 3 heterocycles. The van der Waals surface area contributed by atoms with Gasteiger partial charge in [0, 0.05) is 17.3 Å². The van der Waals surface area contributed by atoms with Crippen LogP contribution >= 0.6 is 23.4 Å². The molecule has 0 aliphatic heterocycles. The van der Waals surface area contributed by atoms with Gasteiger partial charge >= 0.3 is 0 Å². The summed E-state index contributed by atoms with van der Waals surface area (Å²) in [6.07, 6.45) is 0. The molecule has 0 radical (unpaired) electrons. The monoisotopic (exact) mass is 412 g/mol. The largest absolute Gasteiger partial charge is 0.493 e. The number of para-hydroxylation sites is 2. The summed E-state index contributed by atoms with van der Waals surface area (Å²) in [7, 11) is 0. The first-order valence-electron chi connectivity index (χ1n) is 8.98. The van der Waals surface area contributed by atoms with Gasteiger partial charge in [0.2, 0.25) is 10.9 Å².